The molecule has 0 aromatic carbocycles. The van der Waals surface area contributed by atoms with Gasteiger partial charge >= 0.3 is 0 Å². The van der Waals surface area contributed by atoms with Gasteiger partial charge in [0.15, 0.2) is 0 Å². The molecule has 0 fully saturated rings. The van der Waals surface area contributed by atoms with Crippen molar-refractivity contribution in [3.63, 3.8) is 0 Å². The van der Waals surface area contributed by atoms with Gasteiger partial charge in [-0.25, -0.2) is 0 Å². The number of likely N-dealkylation sites (N-methyl/N-ethyl adjacent to an activating group) is 1. The number of aryl methyl sites for hydroxylation is 1. The van der Waals surface area contributed by atoms with Crippen LogP contribution < -0.4 is 10.6 Å². The van der Waals surface area contributed by atoms with E-state index in [4.69, 9.17) is 8.83 Å². The van der Waals surface area contributed by atoms with Gasteiger partial charge in [0.2, 0.25) is 5.91 Å². The number of hydrogen-bond acceptors (Lipinski definition) is 5. The molecule has 7 heteroatoms. The van der Waals surface area contributed by atoms with E-state index in [1.54, 1.807) is 19.3 Å². The lowest BCUT2D eigenvalue weighted by molar-refractivity contribution is -0.120. The minimum Gasteiger partial charge on any atom is -0.469 e. The average Bonchev–Trinajstić information content (AvgIpc) is 3.28. The van der Waals surface area contributed by atoms with Crippen LogP contribution in [0, 0.1) is 6.92 Å². The van der Waals surface area contributed by atoms with Crippen LogP contribution in [0.4, 0.5) is 0 Å². The van der Waals surface area contributed by atoms with Crippen LogP contribution in [0.5, 0.6) is 0 Å². The molecule has 2 amide bonds. The van der Waals surface area contributed by atoms with Crippen LogP contribution in [-0.4, -0.2) is 42.9 Å². The lowest BCUT2D eigenvalue weighted by Gasteiger charge is -2.28. The zero-order valence-corrected chi connectivity index (χ0v) is 14.9. The third-order valence-electron chi connectivity index (χ3n) is 4.13. The van der Waals surface area contributed by atoms with E-state index in [9.17, 15) is 9.59 Å². The molecule has 0 spiro atoms. The smallest absolute Gasteiger partial charge is 0.255 e. The van der Waals surface area contributed by atoms with Crippen molar-refractivity contribution in [1.82, 2.24) is 15.5 Å². The van der Waals surface area contributed by atoms with Crippen molar-refractivity contribution < 1.29 is 18.4 Å². The fourth-order valence-corrected chi connectivity index (χ4v) is 2.70. The van der Waals surface area contributed by atoms with Crippen molar-refractivity contribution in [3.8, 4) is 0 Å². The van der Waals surface area contributed by atoms with Crippen LogP contribution >= 0.6 is 0 Å². The Labute approximate surface area is 147 Å². The second kappa shape index (κ2) is 9.08. The average molecular weight is 347 g/mol. The normalized spacial score (nSPS) is 12.2. The molecule has 2 rings (SSSR count). The summed E-state index contributed by atoms with van der Waals surface area (Å²) in [5.74, 6) is 0.755. The van der Waals surface area contributed by atoms with Crippen LogP contribution in [0.3, 0.4) is 0 Å². The molecule has 0 unspecified atom stereocenters. The SMILES string of the molecule is CCN(CC)[C@@H](CNC(=O)CNC(=O)c1ccoc1C)c1ccco1. The van der Waals surface area contributed by atoms with Gasteiger partial charge in [-0.2, -0.15) is 0 Å². The highest BCUT2D eigenvalue weighted by Gasteiger charge is 2.21. The summed E-state index contributed by atoms with van der Waals surface area (Å²) >= 11 is 0. The number of nitrogens with one attached hydrogen (secondary N) is 2. The van der Waals surface area contributed by atoms with Gasteiger partial charge < -0.3 is 19.5 Å². The first-order valence-electron chi connectivity index (χ1n) is 8.43. The molecule has 2 aromatic rings. The van der Waals surface area contributed by atoms with Gasteiger partial charge in [0.1, 0.15) is 11.5 Å². The molecule has 0 bridgehead atoms. The number of nitrogens with zero attached hydrogens (tertiary/aromatic N) is 1. The number of furan rings is 2. The minimum atomic E-state index is -0.326. The van der Waals surface area contributed by atoms with Crippen molar-refractivity contribution in [2.24, 2.45) is 0 Å². The number of amides is 2. The maximum Gasteiger partial charge on any atom is 0.255 e. The number of rotatable bonds is 9. The standard InChI is InChI=1S/C18H25N3O4/c1-4-21(5-2)15(16-7-6-9-25-16)11-19-17(22)12-20-18(23)14-8-10-24-13(14)3/h6-10,15H,4-5,11-12H2,1-3H3,(H,19,22)(H,20,23)/t15-/m0/s1. The summed E-state index contributed by atoms with van der Waals surface area (Å²) in [6, 6.07) is 5.27. The Bertz CT molecular complexity index is 674. The molecule has 0 saturated carbocycles. The molecule has 0 aliphatic rings. The quantitative estimate of drug-likeness (QED) is 0.725. The third kappa shape index (κ3) is 4.96. The largest absolute Gasteiger partial charge is 0.469 e. The molecule has 0 aliphatic carbocycles. The van der Waals surface area contributed by atoms with Gasteiger partial charge in [0.05, 0.1) is 30.7 Å². The van der Waals surface area contributed by atoms with Gasteiger partial charge in [-0.1, -0.05) is 13.8 Å². The van der Waals surface area contributed by atoms with E-state index in [1.807, 2.05) is 12.1 Å². The maximum atomic E-state index is 12.1. The van der Waals surface area contributed by atoms with E-state index in [1.165, 1.54) is 6.26 Å². The summed E-state index contributed by atoms with van der Waals surface area (Å²) in [5, 5.41) is 5.45. The van der Waals surface area contributed by atoms with Gasteiger partial charge in [-0.3, -0.25) is 14.5 Å². The van der Waals surface area contributed by atoms with E-state index in [0.717, 1.165) is 18.8 Å². The summed E-state index contributed by atoms with van der Waals surface area (Å²) in [5.41, 5.74) is 0.435. The first-order chi connectivity index (χ1) is 12.1. The predicted molar refractivity (Wildman–Crippen MR) is 93.2 cm³/mol. The summed E-state index contributed by atoms with van der Waals surface area (Å²) in [6.45, 7) is 7.83. The van der Waals surface area contributed by atoms with Crippen molar-refractivity contribution in [3.05, 3.63) is 47.8 Å². The van der Waals surface area contributed by atoms with Crippen LogP contribution in [0.1, 0.15) is 41.8 Å². The van der Waals surface area contributed by atoms with E-state index in [2.05, 4.69) is 29.4 Å². The topological polar surface area (TPSA) is 87.7 Å². The summed E-state index contributed by atoms with van der Waals surface area (Å²) in [7, 11) is 0. The lowest BCUT2D eigenvalue weighted by atomic mass is 10.2. The van der Waals surface area contributed by atoms with Crippen LogP contribution in [-0.2, 0) is 4.79 Å². The van der Waals surface area contributed by atoms with Crippen molar-refractivity contribution in [1.29, 1.82) is 0 Å². The molecule has 25 heavy (non-hydrogen) atoms. The van der Waals surface area contributed by atoms with Gasteiger partial charge in [0, 0.05) is 6.54 Å². The monoisotopic (exact) mass is 347 g/mol. The predicted octanol–water partition coefficient (Wildman–Crippen LogP) is 2.11. The number of carbonyl (C=O) groups excluding carboxylic acids is 2. The minimum absolute atomic E-state index is 0.0410. The first-order valence-corrected chi connectivity index (χ1v) is 8.43. The molecular formula is C18H25N3O4. The van der Waals surface area contributed by atoms with Gasteiger partial charge in [-0.05, 0) is 38.2 Å². The summed E-state index contributed by atoms with van der Waals surface area (Å²) in [4.78, 5) is 26.3. The second-order valence-electron chi connectivity index (χ2n) is 5.63. The zero-order valence-electron chi connectivity index (χ0n) is 14.9. The molecule has 0 aliphatic heterocycles. The molecule has 0 saturated heterocycles. The maximum absolute atomic E-state index is 12.1. The van der Waals surface area contributed by atoms with Crippen molar-refractivity contribution in [2.75, 3.05) is 26.2 Å². The Morgan fingerprint density at radius 2 is 1.88 bits per heavy atom. The molecule has 136 valence electrons. The van der Waals surface area contributed by atoms with Crippen molar-refractivity contribution in [2.45, 2.75) is 26.8 Å². The van der Waals surface area contributed by atoms with Crippen LogP contribution in [0.15, 0.2) is 39.6 Å². The fourth-order valence-electron chi connectivity index (χ4n) is 2.70. The molecule has 7 nitrogen and oxygen atoms in total. The van der Waals surface area contributed by atoms with E-state index >= 15 is 0 Å². The van der Waals surface area contributed by atoms with Crippen LogP contribution in [0.25, 0.3) is 0 Å². The van der Waals surface area contributed by atoms with E-state index in [0.29, 0.717) is 17.9 Å². The Kier molecular flexibility index (Phi) is 6.82. The van der Waals surface area contributed by atoms with Gasteiger partial charge in [-0.15, -0.1) is 0 Å². The van der Waals surface area contributed by atoms with E-state index in [-0.39, 0.29) is 24.4 Å². The molecular weight excluding hydrogens is 322 g/mol. The zero-order chi connectivity index (χ0) is 18.2. The summed E-state index contributed by atoms with van der Waals surface area (Å²) < 4.78 is 10.6. The highest BCUT2D eigenvalue weighted by molar-refractivity contribution is 5.97. The molecule has 2 aromatic heterocycles. The van der Waals surface area contributed by atoms with E-state index < -0.39 is 0 Å². The number of hydrogen-bond donors (Lipinski definition) is 2. The highest BCUT2D eigenvalue weighted by atomic mass is 16.3. The van der Waals surface area contributed by atoms with Crippen molar-refractivity contribution >= 4 is 11.8 Å². The lowest BCUT2D eigenvalue weighted by Crippen LogP contribution is -2.42. The molecule has 2 N–H and O–H groups in total. The third-order valence-corrected chi connectivity index (χ3v) is 4.13. The number of carbonyl (C=O) groups is 2. The highest BCUT2D eigenvalue weighted by Crippen LogP contribution is 2.20. The Balaban J connectivity index is 1.86. The first kappa shape index (κ1) is 18.8. The summed E-state index contributed by atoms with van der Waals surface area (Å²) in [6.07, 6.45) is 3.07. The molecule has 1 atom stereocenters. The van der Waals surface area contributed by atoms with Crippen LogP contribution in [0.2, 0.25) is 0 Å². The Hall–Kier alpha value is -2.54. The van der Waals surface area contributed by atoms with Gasteiger partial charge in [0.25, 0.3) is 5.91 Å². The second-order valence-corrected chi connectivity index (χ2v) is 5.63. The Morgan fingerprint density at radius 3 is 2.44 bits per heavy atom. The molecule has 0 radical (unpaired) electrons. The fraction of sp³-hybridized carbons (Fsp3) is 0.444. The molecule has 2 heterocycles. The Morgan fingerprint density at radius 1 is 1.12 bits per heavy atom.